The van der Waals surface area contributed by atoms with Gasteiger partial charge in [-0.15, -0.1) is 22.7 Å². The Morgan fingerprint density at radius 2 is 2.00 bits per heavy atom. The average molecular weight is 421 g/mol. The predicted octanol–water partition coefficient (Wildman–Crippen LogP) is 5.00. The van der Waals surface area contributed by atoms with Gasteiger partial charge in [0.15, 0.2) is 0 Å². The van der Waals surface area contributed by atoms with Crippen molar-refractivity contribution in [1.29, 1.82) is 0 Å². The van der Waals surface area contributed by atoms with Gasteiger partial charge in [-0.3, -0.25) is 9.69 Å². The molecule has 0 unspecified atom stereocenters. The number of hydrogen-bond acceptors (Lipinski definition) is 5. The number of alkyl halides is 2. The topological polar surface area (TPSA) is 41.6 Å². The fourth-order valence-electron chi connectivity index (χ4n) is 3.42. The SMILES string of the molecule is O=C(CN1CCc2sccc2[C@H]1c1cccs1)Nc1ccc(OC(F)F)cc1. The van der Waals surface area contributed by atoms with Crippen LogP contribution in [0.25, 0.3) is 0 Å². The maximum atomic E-state index is 12.6. The molecule has 0 fully saturated rings. The lowest BCUT2D eigenvalue weighted by molar-refractivity contribution is -0.117. The van der Waals surface area contributed by atoms with Crippen LogP contribution in [0, 0.1) is 0 Å². The molecule has 0 spiro atoms. The van der Waals surface area contributed by atoms with Crippen molar-refractivity contribution in [3.05, 3.63) is 68.5 Å². The molecular formula is C20H18F2N2O2S2. The number of fused-ring (bicyclic) bond motifs is 1. The van der Waals surface area contributed by atoms with Crippen molar-refractivity contribution in [3.63, 3.8) is 0 Å². The van der Waals surface area contributed by atoms with Gasteiger partial charge in [0, 0.05) is 22.0 Å². The Balaban J connectivity index is 1.45. The highest BCUT2D eigenvalue weighted by atomic mass is 32.1. The van der Waals surface area contributed by atoms with Crippen LogP contribution >= 0.6 is 22.7 Å². The summed E-state index contributed by atoms with van der Waals surface area (Å²) in [5.74, 6) is -0.0745. The van der Waals surface area contributed by atoms with Crippen LogP contribution in [0.5, 0.6) is 5.75 Å². The molecule has 4 nitrogen and oxygen atoms in total. The molecule has 0 aliphatic carbocycles. The molecule has 1 amide bonds. The van der Waals surface area contributed by atoms with E-state index in [2.05, 4.69) is 37.8 Å². The first kappa shape index (κ1) is 19.0. The molecular weight excluding hydrogens is 402 g/mol. The Bertz CT molecular complexity index is 926. The molecule has 1 N–H and O–H groups in total. The van der Waals surface area contributed by atoms with Gasteiger partial charge in [-0.2, -0.15) is 8.78 Å². The van der Waals surface area contributed by atoms with Crippen LogP contribution in [0.2, 0.25) is 0 Å². The highest BCUT2D eigenvalue weighted by molar-refractivity contribution is 7.10. The second-order valence-electron chi connectivity index (χ2n) is 6.39. The van der Waals surface area contributed by atoms with Crippen LogP contribution in [0.4, 0.5) is 14.5 Å². The van der Waals surface area contributed by atoms with Crippen LogP contribution in [-0.2, 0) is 11.2 Å². The molecule has 8 heteroatoms. The number of benzene rings is 1. The third-order valence-corrected chi connectivity index (χ3v) is 6.51. The van der Waals surface area contributed by atoms with Gasteiger partial charge in [-0.05, 0) is 59.1 Å². The molecule has 3 aromatic rings. The lowest BCUT2D eigenvalue weighted by Crippen LogP contribution is -2.40. The van der Waals surface area contributed by atoms with Gasteiger partial charge in [0.25, 0.3) is 0 Å². The molecule has 0 saturated carbocycles. The minimum atomic E-state index is -2.87. The summed E-state index contributed by atoms with van der Waals surface area (Å²) in [6, 6.07) is 12.3. The summed E-state index contributed by atoms with van der Waals surface area (Å²) >= 11 is 3.46. The van der Waals surface area contributed by atoms with E-state index >= 15 is 0 Å². The lowest BCUT2D eigenvalue weighted by atomic mass is 9.98. The first-order valence-corrected chi connectivity index (χ1v) is 10.5. The van der Waals surface area contributed by atoms with Crippen LogP contribution in [0.1, 0.15) is 21.4 Å². The molecule has 4 rings (SSSR count). The summed E-state index contributed by atoms with van der Waals surface area (Å²) in [7, 11) is 0. The zero-order valence-corrected chi connectivity index (χ0v) is 16.4. The normalized spacial score (nSPS) is 16.8. The van der Waals surface area contributed by atoms with Gasteiger partial charge in [-0.25, -0.2) is 0 Å². The first-order valence-electron chi connectivity index (χ1n) is 8.78. The van der Waals surface area contributed by atoms with Crippen molar-refractivity contribution in [3.8, 4) is 5.75 Å². The average Bonchev–Trinajstić information content (AvgIpc) is 3.34. The molecule has 3 heterocycles. The molecule has 0 saturated heterocycles. The number of anilines is 1. The number of carbonyl (C=O) groups excluding carboxylic acids is 1. The number of carbonyl (C=O) groups is 1. The van der Waals surface area contributed by atoms with Crippen LogP contribution in [0.3, 0.4) is 0 Å². The van der Waals surface area contributed by atoms with E-state index < -0.39 is 6.61 Å². The number of thiophene rings is 2. The van der Waals surface area contributed by atoms with E-state index in [0.717, 1.165) is 13.0 Å². The summed E-state index contributed by atoms with van der Waals surface area (Å²) in [4.78, 5) is 17.4. The second-order valence-corrected chi connectivity index (χ2v) is 8.37. The van der Waals surface area contributed by atoms with Gasteiger partial charge in [0.1, 0.15) is 5.75 Å². The Morgan fingerprint density at radius 1 is 1.18 bits per heavy atom. The van der Waals surface area contributed by atoms with E-state index in [0.29, 0.717) is 5.69 Å². The van der Waals surface area contributed by atoms with Crippen LogP contribution in [0.15, 0.2) is 53.2 Å². The Hall–Kier alpha value is -2.29. The third-order valence-electron chi connectivity index (χ3n) is 4.59. The van der Waals surface area contributed by atoms with Crippen molar-refractivity contribution in [2.45, 2.75) is 19.1 Å². The van der Waals surface area contributed by atoms with Crippen molar-refractivity contribution in [2.24, 2.45) is 0 Å². The first-order chi connectivity index (χ1) is 13.6. The Morgan fingerprint density at radius 3 is 2.71 bits per heavy atom. The predicted molar refractivity (Wildman–Crippen MR) is 107 cm³/mol. The summed E-state index contributed by atoms with van der Waals surface area (Å²) < 4.78 is 28.8. The number of amides is 1. The molecule has 0 radical (unpaired) electrons. The minimum Gasteiger partial charge on any atom is -0.435 e. The quantitative estimate of drug-likeness (QED) is 0.610. The molecule has 1 aliphatic rings. The Kier molecular flexibility index (Phi) is 5.70. The van der Waals surface area contributed by atoms with E-state index in [1.807, 2.05) is 6.07 Å². The largest absolute Gasteiger partial charge is 0.435 e. The van der Waals surface area contributed by atoms with E-state index in [1.54, 1.807) is 34.8 Å². The van der Waals surface area contributed by atoms with E-state index in [9.17, 15) is 13.6 Å². The second kappa shape index (κ2) is 8.38. The molecule has 2 aromatic heterocycles. The number of ether oxygens (including phenoxy) is 1. The number of nitrogens with zero attached hydrogens (tertiary/aromatic N) is 1. The maximum Gasteiger partial charge on any atom is 0.387 e. The van der Waals surface area contributed by atoms with E-state index in [4.69, 9.17) is 0 Å². The van der Waals surface area contributed by atoms with Crippen LogP contribution in [-0.4, -0.2) is 30.5 Å². The van der Waals surface area contributed by atoms with Gasteiger partial charge in [0.05, 0.1) is 12.6 Å². The fraction of sp³-hybridized carbons (Fsp3) is 0.250. The zero-order chi connectivity index (χ0) is 19.5. The fourth-order valence-corrected chi connectivity index (χ4v) is 5.20. The van der Waals surface area contributed by atoms with E-state index in [-0.39, 0.29) is 24.2 Å². The number of rotatable bonds is 6. The molecule has 1 aliphatic heterocycles. The smallest absolute Gasteiger partial charge is 0.387 e. The summed E-state index contributed by atoms with van der Waals surface area (Å²) in [5.41, 5.74) is 1.83. The Labute approximate surface area is 169 Å². The molecule has 1 atom stereocenters. The number of nitrogens with one attached hydrogen (secondary N) is 1. The van der Waals surface area contributed by atoms with E-state index in [1.165, 1.54) is 27.5 Å². The van der Waals surface area contributed by atoms with Crippen molar-refractivity contribution < 1.29 is 18.3 Å². The summed E-state index contributed by atoms with van der Waals surface area (Å²) in [6.07, 6.45) is 0.932. The molecule has 0 bridgehead atoms. The summed E-state index contributed by atoms with van der Waals surface area (Å²) in [6.45, 7) is -1.80. The third kappa shape index (κ3) is 4.24. The van der Waals surface area contributed by atoms with Gasteiger partial charge in [0.2, 0.25) is 5.91 Å². The van der Waals surface area contributed by atoms with Crippen molar-refractivity contribution >= 4 is 34.3 Å². The molecule has 28 heavy (non-hydrogen) atoms. The highest BCUT2D eigenvalue weighted by Gasteiger charge is 2.31. The number of halogens is 2. The zero-order valence-electron chi connectivity index (χ0n) is 14.8. The maximum absolute atomic E-state index is 12.6. The minimum absolute atomic E-state index is 0.0618. The standard InChI is InChI=1S/C20H18F2N2O2S2/c21-20(22)26-14-5-3-13(4-6-14)23-18(25)12-24-9-7-16-15(8-11-28-16)19(24)17-2-1-10-27-17/h1-6,8,10-11,19-20H,7,9,12H2,(H,23,25)/t19-/m0/s1. The molecule has 1 aromatic carbocycles. The monoisotopic (exact) mass is 420 g/mol. The highest BCUT2D eigenvalue weighted by Crippen LogP contribution is 2.39. The molecule has 146 valence electrons. The van der Waals surface area contributed by atoms with Crippen molar-refractivity contribution in [2.75, 3.05) is 18.4 Å². The van der Waals surface area contributed by atoms with Gasteiger partial charge in [-0.1, -0.05) is 6.07 Å². The van der Waals surface area contributed by atoms with Crippen LogP contribution < -0.4 is 10.1 Å². The van der Waals surface area contributed by atoms with Crippen molar-refractivity contribution in [1.82, 2.24) is 4.90 Å². The lowest BCUT2D eigenvalue weighted by Gasteiger charge is -2.34. The van der Waals surface area contributed by atoms with Gasteiger partial charge >= 0.3 is 6.61 Å². The van der Waals surface area contributed by atoms with Gasteiger partial charge < -0.3 is 10.1 Å². The summed E-state index contributed by atoms with van der Waals surface area (Å²) in [5, 5.41) is 7.00. The number of hydrogen-bond donors (Lipinski definition) is 1.